The fourth-order valence-corrected chi connectivity index (χ4v) is 7.16. The molecule has 0 aromatic carbocycles. The molecule has 0 aromatic rings. The van der Waals surface area contributed by atoms with Gasteiger partial charge >= 0.3 is 19.8 Å². The lowest BCUT2D eigenvalue weighted by Gasteiger charge is -2.18. The molecule has 8 nitrogen and oxygen atoms in total. The third-order valence-corrected chi connectivity index (χ3v) is 10.8. The van der Waals surface area contributed by atoms with Crippen molar-refractivity contribution in [3.05, 3.63) is 48.6 Å². The standard InChI is InChI=1S/C49H89O8P/c1-3-5-7-9-11-13-15-17-19-21-22-23-24-25-26-28-29-31-33-35-37-39-41-43-48(50)55-45-47(46-56-58(52,53)54)57-49(51)44-42-40-38-36-34-32-30-27-20-18-16-14-12-10-8-6-4-2/h6,8,12,14,18,20-22,47H,3-5,7,9-11,13,15-17,19,23-46H2,1-2H3,(H2,52,53,54)/b8-6-,14-12-,20-18-,22-21-. The second-order valence-corrected chi connectivity index (χ2v) is 17.3. The number of ether oxygens (including phenoxy) is 2. The van der Waals surface area contributed by atoms with Gasteiger partial charge < -0.3 is 19.3 Å². The maximum atomic E-state index is 12.4. The van der Waals surface area contributed by atoms with Crippen molar-refractivity contribution in [2.24, 2.45) is 0 Å². The van der Waals surface area contributed by atoms with E-state index in [4.69, 9.17) is 19.3 Å². The molecule has 0 fully saturated rings. The molecular weight excluding hydrogens is 748 g/mol. The van der Waals surface area contributed by atoms with Crippen molar-refractivity contribution in [1.29, 1.82) is 0 Å². The minimum Gasteiger partial charge on any atom is -0.462 e. The Hall–Kier alpha value is -1.99. The van der Waals surface area contributed by atoms with Crippen LogP contribution in [0.4, 0.5) is 0 Å². The van der Waals surface area contributed by atoms with E-state index in [2.05, 4.69) is 67.0 Å². The Morgan fingerprint density at radius 3 is 1.26 bits per heavy atom. The maximum Gasteiger partial charge on any atom is 0.469 e. The quantitative estimate of drug-likeness (QED) is 0.0269. The Kier molecular flexibility index (Phi) is 43.0. The summed E-state index contributed by atoms with van der Waals surface area (Å²) in [5.41, 5.74) is 0. The molecule has 9 heteroatoms. The number of phosphoric acid groups is 1. The van der Waals surface area contributed by atoms with Crippen molar-refractivity contribution >= 4 is 19.8 Å². The van der Waals surface area contributed by atoms with Crippen LogP contribution in [-0.2, 0) is 28.2 Å². The molecule has 0 radical (unpaired) electrons. The summed E-state index contributed by atoms with van der Waals surface area (Å²) in [4.78, 5) is 43.0. The van der Waals surface area contributed by atoms with Crippen LogP contribution >= 0.6 is 7.82 Å². The molecule has 58 heavy (non-hydrogen) atoms. The molecule has 0 aliphatic rings. The van der Waals surface area contributed by atoms with Crippen molar-refractivity contribution in [3.8, 4) is 0 Å². The van der Waals surface area contributed by atoms with Gasteiger partial charge in [0.1, 0.15) is 6.61 Å². The lowest BCUT2D eigenvalue weighted by Crippen LogP contribution is -2.29. The predicted molar refractivity (Wildman–Crippen MR) is 244 cm³/mol. The number of esters is 2. The van der Waals surface area contributed by atoms with Crippen LogP contribution < -0.4 is 0 Å². The Bertz CT molecular complexity index is 1080. The molecule has 0 aliphatic heterocycles. The highest BCUT2D eigenvalue weighted by molar-refractivity contribution is 7.46. The lowest BCUT2D eigenvalue weighted by molar-refractivity contribution is -0.161. The van der Waals surface area contributed by atoms with Gasteiger partial charge in [-0.05, 0) is 70.6 Å². The fraction of sp³-hybridized carbons (Fsp3) is 0.796. The van der Waals surface area contributed by atoms with E-state index in [-0.39, 0.29) is 19.4 Å². The molecule has 0 saturated carbocycles. The smallest absolute Gasteiger partial charge is 0.462 e. The normalized spacial score (nSPS) is 12.8. The molecule has 0 amide bonds. The van der Waals surface area contributed by atoms with Gasteiger partial charge in [0.15, 0.2) is 6.10 Å². The summed E-state index contributed by atoms with van der Waals surface area (Å²) in [6.45, 7) is 3.59. The number of carbonyl (C=O) groups excluding carboxylic acids is 2. The zero-order valence-electron chi connectivity index (χ0n) is 37.4. The van der Waals surface area contributed by atoms with Crippen LogP contribution in [0.5, 0.6) is 0 Å². The second-order valence-electron chi connectivity index (χ2n) is 16.1. The molecule has 1 atom stereocenters. The van der Waals surface area contributed by atoms with Crippen molar-refractivity contribution < 1.29 is 37.9 Å². The second kappa shape index (κ2) is 44.6. The summed E-state index contributed by atoms with van der Waals surface area (Å²) < 4.78 is 26.5. The van der Waals surface area contributed by atoms with Gasteiger partial charge in [0, 0.05) is 12.8 Å². The van der Waals surface area contributed by atoms with Gasteiger partial charge in [-0.15, -0.1) is 0 Å². The third kappa shape index (κ3) is 46.7. The highest BCUT2D eigenvalue weighted by atomic mass is 31.2. The summed E-state index contributed by atoms with van der Waals surface area (Å²) in [6.07, 6.45) is 55.5. The van der Waals surface area contributed by atoms with Crippen molar-refractivity contribution in [2.45, 2.75) is 238 Å². The van der Waals surface area contributed by atoms with Crippen LogP contribution in [0.3, 0.4) is 0 Å². The average Bonchev–Trinajstić information content (AvgIpc) is 3.20. The van der Waals surface area contributed by atoms with Gasteiger partial charge in [0.05, 0.1) is 6.61 Å². The zero-order valence-corrected chi connectivity index (χ0v) is 38.3. The van der Waals surface area contributed by atoms with Crippen LogP contribution in [0.2, 0.25) is 0 Å². The van der Waals surface area contributed by atoms with Crippen LogP contribution in [0.15, 0.2) is 48.6 Å². The van der Waals surface area contributed by atoms with Gasteiger partial charge in [-0.2, -0.15) is 0 Å². The number of hydrogen-bond donors (Lipinski definition) is 2. The molecule has 2 N–H and O–H groups in total. The van der Waals surface area contributed by atoms with E-state index in [0.29, 0.717) is 6.42 Å². The van der Waals surface area contributed by atoms with Crippen LogP contribution in [-0.4, -0.2) is 41.0 Å². The van der Waals surface area contributed by atoms with Gasteiger partial charge in [0.2, 0.25) is 0 Å². The maximum absolute atomic E-state index is 12.4. The first-order valence-corrected chi connectivity index (χ1v) is 25.5. The van der Waals surface area contributed by atoms with Crippen molar-refractivity contribution in [2.75, 3.05) is 13.2 Å². The molecule has 1 unspecified atom stereocenters. The van der Waals surface area contributed by atoms with Gasteiger partial charge in [-0.3, -0.25) is 14.1 Å². The Labute approximate surface area is 356 Å². The van der Waals surface area contributed by atoms with Crippen molar-refractivity contribution in [1.82, 2.24) is 0 Å². The zero-order chi connectivity index (χ0) is 42.5. The summed E-state index contributed by atoms with van der Waals surface area (Å²) in [5, 5.41) is 0. The van der Waals surface area contributed by atoms with E-state index in [1.807, 2.05) is 0 Å². The molecule has 338 valence electrons. The number of allylic oxidation sites excluding steroid dienone is 8. The number of hydrogen-bond acceptors (Lipinski definition) is 6. The first kappa shape index (κ1) is 56.0. The lowest BCUT2D eigenvalue weighted by atomic mass is 10.0. The van der Waals surface area contributed by atoms with E-state index < -0.39 is 32.5 Å². The monoisotopic (exact) mass is 837 g/mol. The molecule has 0 heterocycles. The predicted octanol–water partition coefficient (Wildman–Crippen LogP) is 15.1. The molecule has 0 saturated heterocycles. The topological polar surface area (TPSA) is 119 Å². The van der Waals surface area contributed by atoms with Crippen LogP contribution in [0, 0.1) is 0 Å². The number of phosphoric ester groups is 1. The molecule has 0 aliphatic carbocycles. The van der Waals surface area contributed by atoms with Gasteiger partial charge in [0.25, 0.3) is 0 Å². The molecule has 0 rings (SSSR count). The molecule has 0 aromatic heterocycles. The van der Waals surface area contributed by atoms with E-state index >= 15 is 0 Å². The first-order chi connectivity index (χ1) is 28.3. The summed E-state index contributed by atoms with van der Waals surface area (Å²) >= 11 is 0. The molecular formula is C49H89O8P. The molecule has 0 spiro atoms. The summed E-state index contributed by atoms with van der Waals surface area (Å²) in [6, 6.07) is 0. The van der Waals surface area contributed by atoms with E-state index in [9.17, 15) is 14.2 Å². The summed E-state index contributed by atoms with van der Waals surface area (Å²) in [7, 11) is -4.76. The highest BCUT2D eigenvalue weighted by Gasteiger charge is 2.23. The third-order valence-electron chi connectivity index (χ3n) is 10.3. The SMILES string of the molecule is CC/C=C\C/C=C\C/C=C\CCCCCCCCCC(=O)OC(COC(=O)CCCCCCCCCCCCC/C=C\CCCCCCCCCC)COP(=O)(O)O. The molecule has 0 bridgehead atoms. The Morgan fingerprint density at radius 2 is 0.828 bits per heavy atom. The average molecular weight is 837 g/mol. The highest BCUT2D eigenvalue weighted by Crippen LogP contribution is 2.36. The van der Waals surface area contributed by atoms with Gasteiger partial charge in [-0.1, -0.05) is 197 Å². The van der Waals surface area contributed by atoms with E-state index in [0.717, 1.165) is 64.2 Å². The Morgan fingerprint density at radius 1 is 0.466 bits per heavy atom. The largest absolute Gasteiger partial charge is 0.469 e. The fourth-order valence-electron chi connectivity index (χ4n) is 6.80. The van der Waals surface area contributed by atoms with Crippen LogP contribution in [0.1, 0.15) is 232 Å². The summed E-state index contributed by atoms with van der Waals surface area (Å²) in [5.74, 6) is -0.892. The van der Waals surface area contributed by atoms with Gasteiger partial charge in [-0.25, -0.2) is 4.57 Å². The van der Waals surface area contributed by atoms with E-state index in [1.165, 1.54) is 135 Å². The minimum atomic E-state index is -4.76. The Balaban J connectivity index is 3.83. The number of unbranched alkanes of at least 4 members (excludes halogenated alkanes) is 26. The van der Waals surface area contributed by atoms with Crippen molar-refractivity contribution in [3.63, 3.8) is 0 Å². The van der Waals surface area contributed by atoms with Crippen LogP contribution in [0.25, 0.3) is 0 Å². The number of carbonyl (C=O) groups is 2. The number of rotatable bonds is 44. The minimum absolute atomic E-state index is 0.200. The van der Waals surface area contributed by atoms with E-state index in [1.54, 1.807) is 0 Å². The first-order valence-electron chi connectivity index (χ1n) is 23.9.